The first-order valence-electron chi connectivity index (χ1n) is 8.77. The molecule has 0 amide bonds. The molecule has 0 radical (unpaired) electrons. The van der Waals surface area contributed by atoms with E-state index in [1.165, 1.54) is 17.7 Å². The number of allylic oxidation sites excluding steroid dienone is 1. The van der Waals surface area contributed by atoms with Gasteiger partial charge in [-0.2, -0.15) is 0 Å². The number of hydrogen-bond acceptors (Lipinski definition) is 3. The number of amidine groups is 1. The van der Waals surface area contributed by atoms with Crippen molar-refractivity contribution in [3.8, 4) is 0 Å². The van der Waals surface area contributed by atoms with E-state index >= 15 is 0 Å². The Labute approximate surface area is 159 Å². The highest BCUT2D eigenvalue weighted by Gasteiger charge is 2.24. The number of hydrogen-bond donors (Lipinski definition) is 1. The van der Waals surface area contributed by atoms with Gasteiger partial charge in [0, 0.05) is 18.7 Å². The summed E-state index contributed by atoms with van der Waals surface area (Å²) < 4.78 is 13.4. The van der Waals surface area contributed by atoms with Crippen LogP contribution in [0.3, 0.4) is 0 Å². The predicted octanol–water partition coefficient (Wildman–Crippen LogP) is 4.37. The average molecular weight is 373 g/mol. The van der Waals surface area contributed by atoms with E-state index in [0.717, 1.165) is 55.0 Å². The van der Waals surface area contributed by atoms with Crippen molar-refractivity contribution in [2.45, 2.75) is 25.4 Å². The van der Waals surface area contributed by atoms with E-state index in [0.29, 0.717) is 0 Å². The fraction of sp³-hybridized carbons (Fsp3) is 0.286. The summed E-state index contributed by atoms with van der Waals surface area (Å²) in [5.41, 5.74) is 4.18. The third kappa shape index (κ3) is 3.81. The second-order valence-electron chi connectivity index (χ2n) is 6.61. The third-order valence-corrected chi connectivity index (χ3v) is 4.90. The molecule has 136 valence electrons. The number of fused-ring (bicyclic) bond motifs is 1. The van der Waals surface area contributed by atoms with E-state index in [-0.39, 0.29) is 24.3 Å². The van der Waals surface area contributed by atoms with Crippen molar-refractivity contribution in [1.82, 2.24) is 4.90 Å². The van der Waals surface area contributed by atoms with Crippen LogP contribution >= 0.6 is 12.4 Å². The highest BCUT2D eigenvalue weighted by atomic mass is 35.5. The van der Waals surface area contributed by atoms with Crippen LogP contribution in [-0.4, -0.2) is 35.0 Å². The maximum atomic E-state index is 13.4. The molecule has 2 aliphatic rings. The molecule has 2 aliphatic heterocycles. The topological polar surface area (TPSA) is 35.8 Å². The van der Waals surface area contributed by atoms with Crippen LogP contribution in [0.2, 0.25) is 0 Å². The second kappa shape index (κ2) is 8.02. The average Bonchev–Trinajstić information content (AvgIpc) is 2.83. The maximum Gasteiger partial charge on any atom is 0.136 e. The van der Waals surface area contributed by atoms with E-state index in [1.807, 2.05) is 30.3 Å². The molecule has 0 bridgehead atoms. The fourth-order valence-corrected chi connectivity index (χ4v) is 3.47. The molecular formula is C21H22ClFN2O. The van der Waals surface area contributed by atoms with Crippen LogP contribution in [0, 0.1) is 5.82 Å². The van der Waals surface area contributed by atoms with Gasteiger partial charge in [0.25, 0.3) is 0 Å². The monoisotopic (exact) mass is 372 g/mol. The Morgan fingerprint density at radius 2 is 1.69 bits per heavy atom. The second-order valence-corrected chi connectivity index (χ2v) is 6.61. The summed E-state index contributed by atoms with van der Waals surface area (Å²) in [6.45, 7) is 1.56. The Balaban J connectivity index is 0.00000196. The van der Waals surface area contributed by atoms with E-state index in [2.05, 4.69) is 17.0 Å². The molecule has 1 fully saturated rings. The highest BCUT2D eigenvalue weighted by molar-refractivity contribution is 6.23. The van der Waals surface area contributed by atoms with Crippen LogP contribution < -0.4 is 0 Å². The smallest absolute Gasteiger partial charge is 0.136 e. The number of aliphatic hydroxyl groups is 1. The zero-order valence-electron chi connectivity index (χ0n) is 14.4. The van der Waals surface area contributed by atoms with Crippen LogP contribution in [0.1, 0.15) is 24.0 Å². The van der Waals surface area contributed by atoms with Crippen molar-refractivity contribution in [1.29, 1.82) is 0 Å². The molecule has 2 aromatic carbocycles. The molecule has 0 unspecified atom stereocenters. The first-order valence-corrected chi connectivity index (χ1v) is 8.77. The molecule has 1 N–H and O–H groups in total. The molecular weight excluding hydrogens is 351 g/mol. The van der Waals surface area contributed by atoms with Crippen molar-refractivity contribution < 1.29 is 9.50 Å². The normalized spacial score (nSPS) is 17.5. The predicted molar refractivity (Wildman–Crippen MR) is 106 cm³/mol. The van der Waals surface area contributed by atoms with Crippen molar-refractivity contribution in [2.75, 3.05) is 13.1 Å². The van der Waals surface area contributed by atoms with Crippen molar-refractivity contribution in [3.05, 3.63) is 71.6 Å². The van der Waals surface area contributed by atoms with Gasteiger partial charge in [-0.25, -0.2) is 9.38 Å². The zero-order valence-corrected chi connectivity index (χ0v) is 15.3. The molecule has 0 atom stereocenters. The Kier molecular flexibility index (Phi) is 5.74. The van der Waals surface area contributed by atoms with Gasteiger partial charge >= 0.3 is 0 Å². The minimum Gasteiger partial charge on any atom is -0.393 e. The van der Waals surface area contributed by atoms with Gasteiger partial charge in [-0.1, -0.05) is 36.4 Å². The highest BCUT2D eigenvalue weighted by Crippen LogP contribution is 2.30. The molecule has 2 aromatic rings. The summed E-state index contributed by atoms with van der Waals surface area (Å²) in [4.78, 5) is 7.21. The number of benzene rings is 2. The number of likely N-dealkylation sites (tertiary alicyclic amines) is 1. The molecule has 2 heterocycles. The number of piperidine rings is 1. The van der Waals surface area contributed by atoms with Crippen molar-refractivity contribution in [2.24, 2.45) is 4.99 Å². The first-order chi connectivity index (χ1) is 12.2. The van der Waals surface area contributed by atoms with Crippen molar-refractivity contribution in [3.63, 3.8) is 0 Å². The Bertz CT molecular complexity index is 824. The summed E-state index contributed by atoms with van der Waals surface area (Å²) >= 11 is 0. The van der Waals surface area contributed by atoms with Gasteiger partial charge in [0.05, 0.1) is 11.8 Å². The molecule has 0 saturated carbocycles. The number of aliphatic hydroxyl groups excluding tert-OH is 1. The number of rotatable bonds is 1. The number of halogens is 2. The van der Waals surface area contributed by atoms with Crippen molar-refractivity contribution >= 4 is 29.5 Å². The largest absolute Gasteiger partial charge is 0.393 e. The van der Waals surface area contributed by atoms with Gasteiger partial charge in [-0.3, -0.25) is 0 Å². The lowest BCUT2D eigenvalue weighted by molar-refractivity contribution is 0.109. The molecule has 4 rings (SSSR count). The zero-order chi connectivity index (χ0) is 17.2. The third-order valence-electron chi connectivity index (χ3n) is 4.90. The standard InChI is InChI=1S/C21H21FN2O.ClH/c22-17-8-5-15(6-9-17)19-10-7-16-3-1-2-4-20(16)23-21(19)24-13-11-18(25)12-14-24;/h1-6,8-10,18,25H,7,11-14H2;1H. The van der Waals surface area contributed by atoms with Crippen LogP contribution in [0.5, 0.6) is 0 Å². The summed E-state index contributed by atoms with van der Waals surface area (Å²) in [5.74, 6) is 0.685. The summed E-state index contributed by atoms with van der Waals surface area (Å²) in [7, 11) is 0. The van der Waals surface area contributed by atoms with Crippen LogP contribution in [0.25, 0.3) is 5.57 Å². The first kappa shape index (κ1) is 18.6. The number of nitrogens with zero attached hydrogens (tertiary/aromatic N) is 2. The molecule has 5 heteroatoms. The van der Waals surface area contributed by atoms with Crippen LogP contribution in [-0.2, 0) is 6.42 Å². The lowest BCUT2D eigenvalue weighted by atomic mass is 10.00. The molecule has 0 spiro atoms. The minimum absolute atomic E-state index is 0. The van der Waals surface area contributed by atoms with E-state index < -0.39 is 0 Å². The fourth-order valence-electron chi connectivity index (χ4n) is 3.47. The van der Waals surface area contributed by atoms with Crippen LogP contribution in [0.15, 0.2) is 59.6 Å². The van der Waals surface area contributed by atoms with E-state index in [4.69, 9.17) is 4.99 Å². The molecule has 1 saturated heterocycles. The quantitative estimate of drug-likeness (QED) is 0.806. The Hall–Kier alpha value is -2.17. The minimum atomic E-state index is -0.235. The molecule has 0 aliphatic carbocycles. The van der Waals surface area contributed by atoms with Gasteiger partial charge in [0.2, 0.25) is 0 Å². The molecule has 0 aromatic heterocycles. The lowest BCUT2D eigenvalue weighted by Gasteiger charge is -2.33. The Morgan fingerprint density at radius 1 is 1.00 bits per heavy atom. The summed E-state index contributed by atoms with van der Waals surface area (Å²) in [5, 5.41) is 9.83. The SMILES string of the molecule is Cl.OC1CCN(C2=Nc3ccccc3CC=C2c2ccc(F)cc2)CC1. The van der Waals surface area contributed by atoms with E-state index in [1.54, 1.807) is 0 Å². The van der Waals surface area contributed by atoms with Gasteiger partial charge in [-0.15, -0.1) is 12.4 Å². The Morgan fingerprint density at radius 3 is 2.42 bits per heavy atom. The summed E-state index contributed by atoms with van der Waals surface area (Å²) in [6, 6.07) is 14.8. The van der Waals surface area contributed by atoms with Gasteiger partial charge in [0.1, 0.15) is 11.7 Å². The molecule has 3 nitrogen and oxygen atoms in total. The van der Waals surface area contributed by atoms with Gasteiger partial charge in [-0.05, 0) is 48.6 Å². The number of para-hydroxylation sites is 1. The number of aliphatic imine (C=N–C) groups is 1. The van der Waals surface area contributed by atoms with E-state index in [9.17, 15) is 9.50 Å². The van der Waals surface area contributed by atoms with Gasteiger partial charge in [0.15, 0.2) is 0 Å². The van der Waals surface area contributed by atoms with Gasteiger partial charge < -0.3 is 10.0 Å². The van der Waals surface area contributed by atoms with Crippen LogP contribution in [0.4, 0.5) is 10.1 Å². The molecule has 26 heavy (non-hydrogen) atoms. The lowest BCUT2D eigenvalue weighted by Crippen LogP contribution is -2.40. The summed E-state index contributed by atoms with van der Waals surface area (Å²) in [6.07, 6.45) is 4.25. The maximum absolute atomic E-state index is 13.4.